The number of nitrogens with one attached hydrogen (secondary N) is 3. The van der Waals surface area contributed by atoms with Crippen LogP contribution in [0.2, 0.25) is 10.0 Å². The molecule has 2 aliphatic heterocycles. The quantitative estimate of drug-likeness (QED) is 0.0584. The molecule has 7 N–H and O–H groups in total. The number of halogens is 2. The first kappa shape index (κ1) is 43.6. The van der Waals surface area contributed by atoms with Gasteiger partial charge in [0, 0.05) is 73.0 Å². The van der Waals surface area contributed by atoms with Crippen molar-refractivity contribution >= 4 is 52.3 Å². The monoisotopic (exact) mass is 866 g/mol. The van der Waals surface area contributed by atoms with Crippen LogP contribution in [0, 0.1) is 11.8 Å². The molecular formula is C41H52Cl2N10O7. The number of nitrogens with two attached hydrogens (primary N) is 1. The van der Waals surface area contributed by atoms with Crippen LogP contribution in [0.25, 0.3) is 11.3 Å². The van der Waals surface area contributed by atoms with Gasteiger partial charge in [-0.2, -0.15) is 0 Å². The van der Waals surface area contributed by atoms with Crippen molar-refractivity contribution in [3.05, 3.63) is 75.7 Å². The highest BCUT2D eigenvalue weighted by Gasteiger charge is 2.48. The first-order valence-electron chi connectivity index (χ1n) is 20.3. The minimum Gasteiger partial charge on any atom is -0.388 e. The molecule has 19 heteroatoms. The van der Waals surface area contributed by atoms with Gasteiger partial charge in [-0.1, -0.05) is 52.7 Å². The molecule has 2 fully saturated rings. The minimum atomic E-state index is -1.04. The Bertz CT molecular complexity index is 2120. The summed E-state index contributed by atoms with van der Waals surface area (Å²) in [6.07, 6.45) is 3.89. The first-order chi connectivity index (χ1) is 29.0. The smallest absolute Gasteiger partial charge is 0.230 e. The predicted molar refractivity (Wildman–Crippen MR) is 225 cm³/mol. The number of amides is 2. The number of piperidine rings is 2. The van der Waals surface area contributed by atoms with Crippen LogP contribution in [-0.4, -0.2) is 112 Å². The zero-order valence-corrected chi connectivity index (χ0v) is 35.0. The molecule has 2 aromatic carbocycles. The Morgan fingerprint density at radius 2 is 1.72 bits per heavy atom. The number of rotatable bonds is 19. The molecule has 60 heavy (non-hydrogen) atoms. The van der Waals surface area contributed by atoms with Crippen molar-refractivity contribution in [1.29, 1.82) is 0 Å². The molecule has 1 aliphatic carbocycles. The lowest BCUT2D eigenvalue weighted by Crippen LogP contribution is -2.51. The number of hydrogen-bond donors (Lipinski definition) is 6. The number of ether oxygens (including phenoxy) is 3. The van der Waals surface area contributed by atoms with Crippen LogP contribution >= 0.6 is 23.2 Å². The molecule has 322 valence electrons. The average molecular weight is 868 g/mol. The van der Waals surface area contributed by atoms with E-state index in [2.05, 4.69) is 48.1 Å². The lowest BCUT2D eigenvalue weighted by atomic mass is 9.81. The second-order valence-corrected chi connectivity index (χ2v) is 16.3. The molecule has 0 bridgehead atoms. The second-order valence-electron chi connectivity index (χ2n) is 15.5. The van der Waals surface area contributed by atoms with Crippen molar-refractivity contribution in [2.45, 2.75) is 63.4 Å². The zero-order chi connectivity index (χ0) is 42.2. The van der Waals surface area contributed by atoms with Crippen LogP contribution in [0.4, 0.5) is 17.3 Å². The Hall–Kier alpha value is -4.46. The lowest BCUT2D eigenvalue weighted by Gasteiger charge is -2.40. The van der Waals surface area contributed by atoms with Gasteiger partial charge in [-0.05, 0) is 43.9 Å². The number of aromatic nitrogens is 5. The standard InChI is InChI=1S/C41H52Cl2N10O7/c1-41(10-13-52(14-11-41)31-23-46-36(39(44)48-31)28-5-2-6-29(42)35(28)43)47-22-25-24-53(51-50-25)15-17-59-19-21-60-20-18-58-16-12-45-30-7-3-4-26-33(30)38(56)34(37(26)55)27-8-9-32(54)49-40(27)57/h2-7,23-24,27,34,37-38,45,47,55-56H,8-22H2,1H3,(H2,44,48)(H,49,54,57). The molecule has 4 heterocycles. The second kappa shape index (κ2) is 19.9. The van der Waals surface area contributed by atoms with E-state index in [1.807, 2.05) is 18.3 Å². The highest BCUT2D eigenvalue weighted by atomic mass is 35.5. The van der Waals surface area contributed by atoms with E-state index in [1.54, 1.807) is 35.1 Å². The van der Waals surface area contributed by atoms with Crippen molar-refractivity contribution < 1.29 is 34.0 Å². The van der Waals surface area contributed by atoms with E-state index >= 15 is 0 Å². The number of aliphatic hydroxyl groups excluding tert-OH is 2. The van der Waals surface area contributed by atoms with Gasteiger partial charge in [0.15, 0.2) is 5.82 Å². The summed E-state index contributed by atoms with van der Waals surface area (Å²) in [7, 11) is 0. The maximum Gasteiger partial charge on any atom is 0.230 e. The maximum absolute atomic E-state index is 12.5. The highest BCUT2D eigenvalue weighted by Crippen LogP contribution is 2.51. The van der Waals surface area contributed by atoms with Crippen molar-refractivity contribution in [3.63, 3.8) is 0 Å². The van der Waals surface area contributed by atoms with Crippen LogP contribution in [-0.2, 0) is 36.9 Å². The van der Waals surface area contributed by atoms with Gasteiger partial charge < -0.3 is 45.7 Å². The van der Waals surface area contributed by atoms with Gasteiger partial charge in [-0.25, -0.2) is 14.6 Å². The van der Waals surface area contributed by atoms with Crippen LogP contribution < -0.4 is 26.6 Å². The largest absolute Gasteiger partial charge is 0.388 e. The van der Waals surface area contributed by atoms with Gasteiger partial charge in [0.25, 0.3) is 0 Å². The molecule has 4 atom stereocenters. The van der Waals surface area contributed by atoms with E-state index in [1.165, 1.54) is 0 Å². The van der Waals surface area contributed by atoms with Gasteiger partial charge in [-0.15, -0.1) is 5.10 Å². The van der Waals surface area contributed by atoms with E-state index in [-0.39, 0.29) is 17.9 Å². The number of aliphatic hydroxyl groups is 2. The molecule has 0 saturated carbocycles. The lowest BCUT2D eigenvalue weighted by molar-refractivity contribution is -0.141. The third kappa shape index (κ3) is 10.3. The normalized spacial score (nSPS) is 21.2. The Morgan fingerprint density at radius 1 is 0.983 bits per heavy atom. The molecule has 0 radical (unpaired) electrons. The van der Waals surface area contributed by atoms with Crippen LogP contribution in [0.15, 0.2) is 48.8 Å². The average Bonchev–Trinajstić information content (AvgIpc) is 3.80. The SMILES string of the molecule is CC1(NCc2cn(CCOCCOCCOCCNc3cccc4c3C(O)C(C3CCC(=O)NC3=O)C4O)nn2)CCN(c2cnc(-c3cccc(Cl)c3Cl)c(N)n2)CC1. The number of fused-ring (bicyclic) bond motifs is 1. The van der Waals surface area contributed by atoms with E-state index in [4.69, 9.17) is 43.1 Å². The summed E-state index contributed by atoms with van der Waals surface area (Å²) in [5, 5.41) is 40.8. The number of benzene rings is 2. The fourth-order valence-corrected chi connectivity index (χ4v) is 8.44. The molecule has 2 aromatic heterocycles. The fraction of sp³-hybridized carbons (Fsp3) is 0.512. The molecule has 7 rings (SSSR count). The minimum absolute atomic E-state index is 0.0801. The Kier molecular flexibility index (Phi) is 14.5. The molecule has 2 saturated heterocycles. The molecule has 3 aliphatic rings. The zero-order valence-electron chi connectivity index (χ0n) is 33.5. The molecule has 0 spiro atoms. The summed E-state index contributed by atoms with van der Waals surface area (Å²) in [5.74, 6) is -1.12. The number of hydrogen-bond acceptors (Lipinski definition) is 15. The molecule has 4 unspecified atom stereocenters. The fourth-order valence-electron chi connectivity index (χ4n) is 8.05. The Balaban J connectivity index is 0.725. The Labute approximate surface area is 358 Å². The van der Waals surface area contributed by atoms with Crippen molar-refractivity contribution in [2.75, 3.05) is 75.2 Å². The summed E-state index contributed by atoms with van der Waals surface area (Å²) in [5.41, 5.74) is 10.1. The van der Waals surface area contributed by atoms with E-state index in [0.717, 1.165) is 37.4 Å². The van der Waals surface area contributed by atoms with Crippen LogP contribution in [0.3, 0.4) is 0 Å². The van der Waals surface area contributed by atoms with E-state index < -0.39 is 30.0 Å². The first-order valence-corrected chi connectivity index (χ1v) is 21.0. The van der Waals surface area contributed by atoms with Gasteiger partial charge in [0.2, 0.25) is 11.8 Å². The topological polar surface area (TPSA) is 224 Å². The van der Waals surface area contributed by atoms with E-state index in [0.29, 0.717) is 110 Å². The van der Waals surface area contributed by atoms with Crippen molar-refractivity contribution in [3.8, 4) is 11.3 Å². The third-order valence-electron chi connectivity index (χ3n) is 11.5. The molecule has 2 amide bonds. The summed E-state index contributed by atoms with van der Waals surface area (Å²) in [6.45, 7) is 7.99. The predicted octanol–water partition coefficient (Wildman–Crippen LogP) is 3.68. The summed E-state index contributed by atoms with van der Waals surface area (Å²) < 4.78 is 18.8. The summed E-state index contributed by atoms with van der Waals surface area (Å²) in [4.78, 5) is 35.5. The Morgan fingerprint density at radius 3 is 2.47 bits per heavy atom. The van der Waals surface area contributed by atoms with Gasteiger partial charge in [0.05, 0.1) is 80.3 Å². The van der Waals surface area contributed by atoms with Crippen molar-refractivity contribution in [2.24, 2.45) is 11.8 Å². The van der Waals surface area contributed by atoms with Gasteiger partial charge >= 0.3 is 0 Å². The number of carbonyl (C=O) groups excluding carboxylic acids is 2. The molecule has 17 nitrogen and oxygen atoms in total. The number of nitrogen functional groups attached to an aromatic ring is 1. The summed E-state index contributed by atoms with van der Waals surface area (Å²) >= 11 is 12.6. The van der Waals surface area contributed by atoms with Crippen LogP contribution in [0.5, 0.6) is 0 Å². The highest BCUT2D eigenvalue weighted by molar-refractivity contribution is 6.43. The van der Waals surface area contributed by atoms with Crippen molar-refractivity contribution in [1.82, 2.24) is 35.6 Å². The van der Waals surface area contributed by atoms with Crippen LogP contribution in [0.1, 0.15) is 61.6 Å². The van der Waals surface area contributed by atoms with Gasteiger partial charge in [0.1, 0.15) is 11.5 Å². The van der Waals surface area contributed by atoms with Gasteiger partial charge in [-0.3, -0.25) is 14.9 Å². The van der Waals surface area contributed by atoms with E-state index in [9.17, 15) is 19.8 Å². The summed E-state index contributed by atoms with van der Waals surface area (Å²) in [6, 6.07) is 10.7. The molecular weight excluding hydrogens is 815 g/mol. The third-order valence-corrected chi connectivity index (χ3v) is 12.3. The maximum atomic E-state index is 12.5. The molecule has 4 aromatic rings. The number of nitrogens with zero attached hydrogens (tertiary/aromatic N) is 6. The number of anilines is 3. The number of imide groups is 1. The number of carbonyl (C=O) groups is 2.